The highest BCUT2D eigenvalue weighted by Crippen LogP contribution is 1.99. The molecule has 1 rings (SSSR count). The lowest BCUT2D eigenvalue weighted by molar-refractivity contribution is -1.01. The van der Waals surface area contributed by atoms with Gasteiger partial charge in [-0.2, -0.15) is 0 Å². The van der Waals surface area contributed by atoms with E-state index < -0.39 is 0 Å². The Kier molecular flexibility index (Phi) is 11.8. The Hall–Kier alpha value is -1.52. The lowest BCUT2D eigenvalue weighted by atomic mass is 10.2. The Morgan fingerprint density at radius 2 is 1.59 bits per heavy atom. The van der Waals surface area contributed by atoms with Crippen molar-refractivity contribution in [2.45, 2.75) is 19.4 Å². The van der Waals surface area contributed by atoms with Crippen LogP contribution in [0.1, 0.15) is 13.3 Å². The number of hydrogen-bond donors (Lipinski definition) is 5. The van der Waals surface area contributed by atoms with Crippen LogP contribution in [-0.4, -0.2) is 139 Å². The summed E-state index contributed by atoms with van der Waals surface area (Å²) in [6, 6.07) is 0. The molecular weight excluding hydrogens is 408 g/mol. The second-order valence-corrected chi connectivity index (χ2v) is 11.1. The molecule has 0 radical (unpaired) electrons. The van der Waals surface area contributed by atoms with Crippen molar-refractivity contribution in [2.24, 2.45) is 0 Å². The van der Waals surface area contributed by atoms with Crippen molar-refractivity contribution in [3.8, 4) is 0 Å². The van der Waals surface area contributed by atoms with Gasteiger partial charge >= 0.3 is 0 Å². The predicted octanol–water partition coefficient (Wildman–Crippen LogP) is -3.89. The fourth-order valence-electron chi connectivity index (χ4n) is 4.20. The number of piperazine rings is 1. The third-order valence-corrected chi connectivity index (χ3v) is 5.93. The number of aliphatic hydroxyl groups is 1. The molecule has 0 aliphatic carbocycles. The summed E-state index contributed by atoms with van der Waals surface area (Å²) in [7, 11) is 10.4. The molecule has 1 aliphatic heterocycles. The van der Waals surface area contributed by atoms with Gasteiger partial charge in [-0.3, -0.25) is 9.59 Å². The molecule has 0 aromatic heterocycles. The number of carbonyl (C=O) groups excluding carboxylic acids is 2. The van der Waals surface area contributed by atoms with Crippen molar-refractivity contribution in [1.29, 1.82) is 0 Å². The Bertz CT molecular complexity index is 609. The number of rotatable bonds is 14. The van der Waals surface area contributed by atoms with Crippen LogP contribution >= 0.6 is 0 Å². The summed E-state index contributed by atoms with van der Waals surface area (Å²) in [6.45, 7) is 14.7. The molecule has 0 aromatic rings. The average molecular weight is 459 g/mol. The summed E-state index contributed by atoms with van der Waals surface area (Å²) in [5, 5.41) is 16.2. The van der Waals surface area contributed by atoms with Crippen LogP contribution in [0.3, 0.4) is 0 Å². The number of aliphatic hydroxyl groups excluding tert-OH is 1. The number of carbonyl (C=O) groups is 2. The standard InChI is InChI=1S/C23H46N6O3/c1-20(2)23(32)25-9-8-16-29(6,7)19-22(31)24-10-11-26-12-14-27(15-13-26)17-21(30)18-28(3,4)5/h21,30H,1,8-19H2,2-7H3/p+4. The topological polar surface area (TPSA) is 87.3 Å². The van der Waals surface area contributed by atoms with Gasteiger partial charge in [0.05, 0.1) is 54.9 Å². The van der Waals surface area contributed by atoms with Crippen LogP contribution in [0, 0.1) is 0 Å². The maximum absolute atomic E-state index is 12.4. The second kappa shape index (κ2) is 13.3. The summed E-state index contributed by atoms with van der Waals surface area (Å²) in [4.78, 5) is 26.9. The summed E-state index contributed by atoms with van der Waals surface area (Å²) in [5.74, 6) is -0.0358. The van der Waals surface area contributed by atoms with Crippen LogP contribution < -0.4 is 20.4 Å². The number of likely N-dealkylation sites (N-methyl/N-ethyl adjacent to an activating group) is 2. The Labute approximate surface area is 195 Å². The van der Waals surface area contributed by atoms with Gasteiger partial charge in [0, 0.05) is 18.5 Å². The molecule has 1 heterocycles. The lowest BCUT2D eigenvalue weighted by Crippen LogP contribution is -3.28. The SMILES string of the molecule is C=C(C)C(=O)NCCC[N+](C)(C)CC(=O)NCC[NH+]1CC[NH+](CC(O)C[N+](C)(C)C)CC1. The summed E-state index contributed by atoms with van der Waals surface area (Å²) < 4.78 is 1.38. The first-order valence-electron chi connectivity index (χ1n) is 12.0. The zero-order chi connectivity index (χ0) is 24.4. The zero-order valence-electron chi connectivity index (χ0n) is 21.4. The second-order valence-electron chi connectivity index (χ2n) is 11.1. The van der Waals surface area contributed by atoms with E-state index in [-0.39, 0.29) is 17.9 Å². The van der Waals surface area contributed by atoms with Gasteiger partial charge in [-0.05, 0) is 6.92 Å². The van der Waals surface area contributed by atoms with Gasteiger partial charge in [0.2, 0.25) is 5.91 Å². The van der Waals surface area contributed by atoms with Gasteiger partial charge < -0.3 is 34.5 Å². The first-order valence-corrected chi connectivity index (χ1v) is 12.0. The first kappa shape index (κ1) is 28.5. The van der Waals surface area contributed by atoms with Crippen molar-refractivity contribution in [1.82, 2.24) is 10.6 Å². The first-order chi connectivity index (χ1) is 14.8. The van der Waals surface area contributed by atoms with Crippen LogP contribution in [0.15, 0.2) is 12.2 Å². The van der Waals surface area contributed by atoms with E-state index in [2.05, 4.69) is 38.4 Å². The summed E-state index contributed by atoms with van der Waals surface area (Å²) in [6.07, 6.45) is 0.564. The Morgan fingerprint density at radius 1 is 1.00 bits per heavy atom. The smallest absolute Gasteiger partial charge is 0.275 e. The van der Waals surface area contributed by atoms with Gasteiger partial charge in [-0.15, -0.1) is 0 Å². The zero-order valence-corrected chi connectivity index (χ0v) is 21.4. The summed E-state index contributed by atoms with van der Waals surface area (Å²) >= 11 is 0. The van der Waals surface area contributed by atoms with Crippen molar-refractivity contribution < 1.29 is 33.5 Å². The molecule has 0 aromatic carbocycles. The molecule has 1 saturated heterocycles. The van der Waals surface area contributed by atoms with Gasteiger partial charge in [-0.25, -0.2) is 0 Å². The van der Waals surface area contributed by atoms with E-state index in [1.807, 2.05) is 14.1 Å². The number of nitrogens with one attached hydrogen (secondary N) is 4. The quantitative estimate of drug-likeness (QED) is 0.105. The fourth-order valence-corrected chi connectivity index (χ4v) is 4.20. The van der Waals surface area contributed by atoms with E-state index in [9.17, 15) is 14.7 Å². The van der Waals surface area contributed by atoms with Crippen molar-refractivity contribution in [3.63, 3.8) is 0 Å². The van der Waals surface area contributed by atoms with Gasteiger partial charge in [-0.1, -0.05) is 6.58 Å². The molecule has 9 heteroatoms. The van der Waals surface area contributed by atoms with E-state index in [4.69, 9.17) is 0 Å². The molecule has 0 spiro atoms. The van der Waals surface area contributed by atoms with Crippen LogP contribution in [0.5, 0.6) is 0 Å². The van der Waals surface area contributed by atoms with Crippen molar-refractivity contribution in [2.75, 3.05) is 107 Å². The average Bonchev–Trinajstić information content (AvgIpc) is 2.64. The third kappa shape index (κ3) is 13.1. The molecule has 9 nitrogen and oxygen atoms in total. The molecule has 5 N–H and O–H groups in total. The largest absolute Gasteiger partial charge is 0.382 e. The van der Waals surface area contributed by atoms with Crippen LogP contribution in [0.2, 0.25) is 0 Å². The highest BCUT2D eigenvalue weighted by molar-refractivity contribution is 5.92. The molecule has 1 atom stereocenters. The Morgan fingerprint density at radius 3 is 2.16 bits per heavy atom. The fraction of sp³-hybridized carbons (Fsp3) is 0.826. The van der Waals surface area contributed by atoms with E-state index >= 15 is 0 Å². The van der Waals surface area contributed by atoms with Crippen LogP contribution in [-0.2, 0) is 9.59 Å². The van der Waals surface area contributed by atoms with Crippen LogP contribution in [0.25, 0.3) is 0 Å². The van der Waals surface area contributed by atoms with Gasteiger partial charge in [0.1, 0.15) is 39.3 Å². The number of quaternary nitrogens is 4. The minimum absolute atomic E-state index is 0.0769. The van der Waals surface area contributed by atoms with E-state index in [0.717, 1.165) is 63.3 Å². The maximum atomic E-state index is 12.4. The van der Waals surface area contributed by atoms with Gasteiger partial charge in [0.25, 0.3) is 5.91 Å². The maximum Gasteiger partial charge on any atom is 0.275 e. The molecular formula is C23H50N6O3+4. The molecule has 0 bridgehead atoms. The minimum Gasteiger partial charge on any atom is -0.382 e. The highest BCUT2D eigenvalue weighted by Gasteiger charge is 2.27. The third-order valence-electron chi connectivity index (χ3n) is 5.93. The molecule has 1 aliphatic rings. The molecule has 1 fully saturated rings. The van der Waals surface area contributed by atoms with E-state index in [0.29, 0.717) is 29.7 Å². The molecule has 32 heavy (non-hydrogen) atoms. The minimum atomic E-state index is -0.255. The normalized spacial score (nSPS) is 20.5. The van der Waals surface area contributed by atoms with Crippen molar-refractivity contribution >= 4 is 11.8 Å². The van der Waals surface area contributed by atoms with Gasteiger partial charge in [0.15, 0.2) is 12.6 Å². The highest BCUT2D eigenvalue weighted by atomic mass is 16.3. The Balaban J connectivity index is 2.17. The van der Waals surface area contributed by atoms with E-state index in [1.165, 1.54) is 9.80 Å². The molecule has 2 amide bonds. The van der Waals surface area contributed by atoms with E-state index in [1.54, 1.807) is 6.92 Å². The monoisotopic (exact) mass is 458 g/mol. The number of nitrogens with zero attached hydrogens (tertiary/aromatic N) is 2. The number of amides is 2. The molecule has 0 saturated carbocycles. The summed E-state index contributed by atoms with van der Waals surface area (Å²) in [5.41, 5.74) is 0.514. The molecule has 186 valence electrons. The predicted molar refractivity (Wildman–Crippen MR) is 127 cm³/mol. The van der Waals surface area contributed by atoms with Crippen LogP contribution in [0.4, 0.5) is 0 Å². The van der Waals surface area contributed by atoms with Crippen molar-refractivity contribution in [3.05, 3.63) is 12.2 Å². The number of hydrogen-bond acceptors (Lipinski definition) is 3. The molecule has 1 unspecified atom stereocenters. The lowest BCUT2D eigenvalue weighted by Gasteiger charge is -2.32.